The highest BCUT2D eigenvalue weighted by molar-refractivity contribution is 9.11. The largest absolute Gasteiger partial charge is 0.370 e. The molecule has 0 aliphatic heterocycles. The third-order valence-corrected chi connectivity index (χ3v) is 4.72. The summed E-state index contributed by atoms with van der Waals surface area (Å²) >= 11 is 17.2. The number of hydrogen-bond acceptors (Lipinski definition) is 2. The van der Waals surface area contributed by atoms with E-state index in [4.69, 9.17) is 23.2 Å². The van der Waals surface area contributed by atoms with E-state index in [2.05, 4.69) is 32.3 Å². The van der Waals surface area contributed by atoms with Gasteiger partial charge in [0.1, 0.15) is 0 Å². The monoisotopic (exact) mass is 363 g/mol. The maximum absolute atomic E-state index is 6.05. The van der Waals surface area contributed by atoms with E-state index in [1.165, 1.54) is 5.56 Å². The lowest BCUT2D eigenvalue weighted by Crippen LogP contribution is -2.17. The predicted molar refractivity (Wildman–Crippen MR) is 85.1 cm³/mol. The number of alkyl halides is 1. The number of halogens is 3. The number of thiophene rings is 1. The second kappa shape index (κ2) is 6.29. The molecule has 1 aromatic heterocycles. The molecule has 0 spiro atoms. The molecular formula is C13H12BrCl2NS. The minimum absolute atomic E-state index is 0.490. The number of benzene rings is 1. The first-order chi connectivity index (χ1) is 8.60. The predicted octanol–water partition coefficient (Wildman–Crippen LogP) is 5.54. The SMILES string of the molecule is CN(Cc1csc(Br)c1)c1cc(Cl)ccc1CCl. The number of anilines is 1. The van der Waals surface area contributed by atoms with Gasteiger partial charge < -0.3 is 4.90 Å². The van der Waals surface area contributed by atoms with Crippen molar-refractivity contribution in [1.82, 2.24) is 0 Å². The molecule has 0 N–H and O–H groups in total. The zero-order valence-corrected chi connectivity index (χ0v) is 13.7. The van der Waals surface area contributed by atoms with Crippen LogP contribution in [0.3, 0.4) is 0 Å². The summed E-state index contributed by atoms with van der Waals surface area (Å²) in [5, 5.41) is 2.88. The normalized spacial score (nSPS) is 10.7. The van der Waals surface area contributed by atoms with Gasteiger partial charge in [0, 0.05) is 30.2 Å². The van der Waals surface area contributed by atoms with Gasteiger partial charge in [0.15, 0.2) is 0 Å². The van der Waals surface area contributed by atoms with Gasteiger partial charge in [-0.15, -0.1) is 22.9 Å². The Labute approximate surface area is 129 Å². The van der Waals surface area contributed by atoms with Crippen LogP contribution in [0.25, 0.3) is 0 Å². The summed E-state index contributed by atoms with van der Waals surface area (Å²) < 4.78 is 1.15. The Balaban J connectivity index is 2.22. The van der Waals surface area contributed by atoms with Gasteiger partial charge in [0.25, 0.3) is 0 Å². The standard InChI is InChI=1S/C13H12BrCl2NS/c1-17(7-9-4-13(14)18-8-9)12-5-11(16)3-2-10(12)6-15/h2-5,8H,6-7H2,1H3. The maximum atomic E-state index is 6.05. The summed E-state index contributed by atoms with van der Waals surface area (Å²) in [6.07, 6.45) is 0. The molecule has 0 aliphatic rings. The molecule has 1 aromatic carbocycles. The summed E-state index contributed by atoms with van der Waals surface area (Å²) in [4.78, 5) is 2.16. The van der Waals surface area contributed by atoms with Crippen molar-refractivity contribution in [2.45, 2.75) is 12.4 Å². The molecule has 0 bridgehead atoms. The average Bonchev–Trinajstić information content (AvgIpc) is 2.74. The first-order valence-corrected chi connectivity index (χ1v) is 7.97. The van der Waals surface area contributed by atoms with Crippen LogP contribution in [0.1, 0.15) is 11.1 Å². The van der Waals surface area contributed by atoms with Crippen LogP contribution in [0.4, 0.5) is 5.69 Å². The molecule has 1 nitrogen and oxygen atoms in total. The molecule has 18 heavy (non-hydrogen) atoms. The highest BCUT2D eigenvalue weighted by atomic mass is 79.9. The number of nitrogens with zero attached hydrogens (tertiary/aromatic N) is 1. The van der Waals surface area contributed by atoms with Crippen molar-refractivity contribution in [1.29, 1.82) is 0 Å². The van der Waals surface area contributed by atoms with E-state index >= 15 is 0 Å². The second-order valence-corrected chi connectivity index (χ2v) is 7.02. The molecule has 0 atom stereocenters. The van der Waals surface area contributed by atoms with Crippen LogP contribution in [0.2, 0.25) is 5.02 Å². The smallest absolute Gasteiger partial charge is 0.0701 e. The molecule has 0 aliphatic carbocycles. The average molecular weight is 365 g/mol. The Kier molecular flexibility index (Phi) is 4.96. The molecule has 0 saturated heterocycles. The molecule has 1 heterocycles. The van der Waals surface area contributed by atoms with E-state index in [-0.39, 0.29) is 0 Å². The van der Waals surface area contributed by atoms with Crippen LogP contribution in [0.5, 0.6) is 0 Å². The van der Waals surface area contributed by atoms with E-state index in [0.29, 0.717) is 5.88 Å². The van der Waals surface area contributed by atoms with Gasteiger partial charge in [-0.05, 0) is 50.6 Å². The molecule has 0 fully saturated rings. The van der Waals surface area contributed by atoms with E-state index in [0.717, 1.165) is 26.6 Å². The minimum atomic E-state index is 0.490. The van der Waals surface area contributed by atoms with E-state index in [9.17, 15) is 0 Å². The summed E-state index contributed by atoms with van der Waals surface area (Å²) in [7, 11) is 2.05. The van der Waals surface area contributed by atoms with Crippen molar-refractivity contribution in [3.05, 3.63) is 49.6 Å². The highest BCUT2D eigenvalue weighted by Crippen LogP contribution is 2.28. The first-order valence-electron chi connectivity index (χ1n) is 5.38. The molecule has 0 saturated carbocycles. The van der Waals surface area contributed by atoms with Crippen LogP contribution in [0.15, 0.2) is 33.4 Å². The zero-order valence-electron chi connectivity index (χ0n) is 9.79. The van der Waals surface area contributed by atoms with Gasteiger partial charge in [-0.1, -0.05) is 17.7 Å². The van der Waals surface area contributed by atoms with Crippen molar-refractivity contribution in [3.63, 3.8) is 0 Å². The van der Waals surface area contributed by atoms with Crippen LogP contribution in [-0.2, 0) is 12.4 Å². The van der Waals surface area contributed by atoms with Gasteiger partial charge in [-0.25, -0.2) is 0 Å². The fourth-order valence-electron chi connectivity index (χ4n) is 1.79. The van der Waals surface area contributed by atoms with Crippen LogP contribution in [0, 0.1) is 0 Å². The Morgan fingerprint density at radius 2 is 2.11 bits per heavy atom. The zero-order chi connectivity index (χ0) is 13.1. The molecule has 96 valence electrons. The maximum Gasteiger partial charge on any atom is 0.0701 e. The molecule has 0 amide bonds. The van der Waals surface area contributed by atoms with E-state index < -0.39 is 0 Å². The fourth-order valence-corrected chi connectivity index (χ4v) is 3.39. The first kappa shape index (κ1) is 14.2. The lowest BCUT2D eigenvalue weighted by atomic mass is 10.1. The molecular weight excluding hydrogens is 353 g/mol. The van der Waals surface area contributed by atoms with Crippen molar-refractivity contribution in [2.24, 2.45) is 0 Å². The molecule has 0 unspecified atom stereocenters. The summed E-state index contributed by atoms with van der Waals surface area (Å²) in [6.45, 7) is 0.840. The number of hydrogen-bond donors (Lipinski definition) is 0. The molecule has 0 radical (unpaired) electrons. The number of rotatable bonds is 4. The van der Waals surface area contributed by atoms with Crippen LogP contribution >= 0.6 is 50.5 Å². The van der Waals surface area contributed by atoms with Crippen LogP contribution < -0.4 is 4.90 Å². The molecule has 2 aromatic rings. The Hall–Kier alpha value is -0.220. The van der Waals surface area contributed by atoms with Gasteiger partial charge in [0.05, 0.1) is 3.79 Å². The van der Waals surface area contributed by atoms with E-state index in [1.807, 2.05) is 25.2 Å². The van der Waals surface area contributed by atoms with Crippen molar-refractivity contribution < 1.29 is 0 Å². The molecule has 5 heteroatoms. The minimum Gasteiger partial charge on any atom is -0.370 e. The van der Waals surface area contributed by atoms with Gasteiger partial charge in [-0.3, -0.25) is 0 Å². The topological polar surface area (TPSA) is 3.24 Å². The van der Waals surface area contributed by atoms with Crippen molar-refractivity contribution >= 4 is 56.2 Å². The lowest BCUT2D eigenvalue weighted by Gasteiger charge is -2.21. The highest BCUT2D eigenvalue weighted by Gasteiger charge is 2.09. The van der Waals surface area contributed by atoms with Gasteiger partial charge >= 0.3 is 0 Å². The third kappa shape index (κ3) is 3.41. The van der Waals surface area contributed by atoms with E-state index in [1.54, 1.807) is 11.3 Å². The summed E-state index contributed by atoms with van der Waals surface area (Å²) in [5.41, 5.74) is 3.45. The second-order valence-electron chi connectivity index (χ2n) is 4.02. The van der Waals surface area contributed by atoms with Crippen LogP contribution in [-0.4, -0.2) is 7.05 Å². The quantitative estimate of drug-likeness (QED) is 0.644. The summed E-state index contributed by atoms with van der Waals surface area (Å²) in [5.74, 6) is 0.490. The van der Waals surface area contributed by atoms with Gasteiger partial charge in [0.2, 0.25) is 0 Å². The fraction of sp³-hybridized carbons (Fsp3) is 0.231. The van der Waals surface area contributed by atoms with Crippen molar-refractivity contribution in [3.8, 4) is 0 Å². The molecule has 2 rings (SSSR count). The van der Waals surface area contributed by atoms with Gasteiger partial charge in [-0.2, -0.15) is 0 Å². The Morgan fingerprint density at radius 1 is 1.33 bits per heavy atom. The third-order valence-electron chi connectivity index (χ3n) is 2.64. The summed E-state index contributed by atoms with van der Waals surface area (Å²) in [6, 6.07) is 7.94. The Morgan fingerprint density at radius 3 is 2.72 bits per heavy atom. The van der Waals surface area contributed by atoms with Crippen molar-refractivity contribution in [2.75, 3.05) is 11.9 Å². The lowest BCUT2D eigenvalue weighted by molar-refractivity contribution is 0.920. The Bertz CT molecular complexity index is 542.